The Morgan fingerprint density at radius 2 is 1.89 bits per heavy atom. The Kier molecular flexibility index (Phi) is 3.84. The number of hydrogen-bond acceptors (Lipinski definition) is 3. The van der Waals surface area contributed by atoms with Crippen molar-refractivity contribution in [3.63, 3.8) is 0 Å². The molecule has 0 radical (unpaired) electrons. The van der Waals surface area contributed by atoms with E-state index >= 15 is 0 Å². The lowest BCUT2D eigenvalue weighted by molar-refractivity contribution is -0.126. The van der Waals surface area contributed by atoms with Gasteiger partial charge in [0, 0.05) is 6.42 Å². The number of rotatable bonds is 3. The third-order valence-electron chi connectivity index (χ3n) is 3.74. The first kappa shape index (κ1) is 13.5. The maximum atomic E-state index is 12.1. The Balaban J connectivity index is 2.17. The molecule has 0 bridgehead atoms. The minimum atomic E-state index is -0.990. The van der Waals surface area contributed by atoms with Crippen LogP contribution in [-0.2, 0) is 9.53 Å². The molecule has 1 atom stereocenters. The average molecular weight is 258 g/mol. The second-order valence-electron chi connectivity index (χ2n) is 5.18. The van der Waals surface area contributed by atoms with E-state index < -0.39 is 11.6 Å². The van der Waals surface area contributed by atoms with Crippen LogP contribution in [0.25, 0.3) is 0 Å². The molecule has 0 fully saturated rings. The highest BCUT2D eigenvalue weighted by Crippen LogP contribution is 2.34. The number of hydrogen-bond donors (Lipinski definition) is 0. The fraction of sp³-hybridized carbons (Fsp3) is 0.375. The number of allylic oxidation sites excluding steroid dienone is 1. The number of carbonyl (C=O) groups is 2. The molecule has 1 aliphatic rings. The van der Waals surface area contributed by atoms with Gasteiger partial charge in [0.25, 0.3) is 0 Å². The predicted octanol–water partition coefficient (Wildman–Crippen LogP) is 3.30. The van der Waals surface area contributed by atoms with E-state index in [9.17, 15) is 9.59 Å². The molecule has 2 rings (SSSR count). The van der Waals surface area contributed by atoms with Crippen molar-refractivity contribution >= 4 is 12.3 Å². The lowest BCUT2D eigenvalue weighted by atomic mass is 9.82. The van der Waals surface area contributed by atoms with Gasteiger partial charge in [0.2, 0.25) is 0 Å². The van der Waals surface area contributed by atoms with Crippen LogP contribution in [-0.4, -0.2) is 17.9 Å². The summed E-state index contributed by atoms with van der Waals surface area (Å²) in [6.07, 6.45) is 2.65. The number of esters is 1. The summed E-state index contributed by atoms with van der Waals surface area (Å²) in [4.78, 5) is 23.5. The fourth-order valence-electron chi connectivity index (χ4n) is 2.33. The minimum absolute atomic E-state index is 0.431. The van der Waals surface area contributed by atoms with Gasteiger partial charge in [-0.15, -0.1) is 0 Å². The second-order valence-corrected chi connectivity index (χ2v) is 5.18. The SMILES string of the molecule is CC1=C(C)CC(C=O)(OC(=O)c2ccccc2)CC1. The van der Waals surface area contributed by atoms with E-state index in [1.165, 1.54) is 5.57 Å². The molecule has 3 nitrogen and oxygen atoms in total. The summed E-state index contributed by atoms with van der Waals surface area (Å²) in [5.41, 5.74) is 1.91. The molecule has 0 spiro atoms. The van der Waals surface area contributed by atoms with Crippen molar-refractivity contribution in [1.29, 1.82) is 0 Å². The van der Waals surface area contributed by atoms with Gasteiger partial charge in [-0.3, -0.25) is 4.79 Å². The Morgan fingerprint density at radius 3 is 2.47 bits per heavy atom. The highest BCUT2D eigenvalue weighted by molar-refractivity contribution is 5.91. The molecular weight excluding hydrogens is 240 g/mol. The molecule has 3 heteroatoms. The van der Waals surface area contributed by atoms with Crippen LogP contribution < -0.4 is 0 Å². The Labute approximate surface area is 113 Å². The summed E-state index contributed by atoms with van der Waals surface area (Å²) in [6.45, 7) is 4.05. The first-order valence-corrected chi connectivity index (χ1v) is 6.46. The molecule has 1 aliphatic carbocycles. The van der Waals surface area contributed by atoms with Crippen molar-refractivity contribution in [2.75, 3.05) is 0 Å². The van der Waals surface area contributed by atoms with Crippen LogP contribution in [0.2, 0.25) is 0 Å². The lowest BCUT2D eigenvalue weighted by Gasteiger charge is -2.33. The van der Waals surface area contributed by atoms with Crippen LogP contribution in [0.15, 0.2) is 41.5 Å². The predicted molar refractivity (Wildman–Crippen MR) is 72.9 cm³/mol. The first-order valence-electron chi connectivity index (χ1n) is 6.46. The van der Waals surface area contributed by atoms with Gasteiger partial charge in [-0.1, -0.05) is 29.3 Å². The van der Waals surface area contributed by atoms with Crippen LogP contribution in [0.3, 0.4) is 0 Å². The van der Waals surface area contributed by atoms with Gasteiger partial charge in [-0.25, -0.2) is 4.79 Å². The highest BCUT2D eigenvalue weighted by atomic mass is 16.6. The molecule has 0 amide bonds. The maximum Gasteiger partial charge on any atom is 0.339 e. The van der Waals surface area contributed by atoms with Gasteiger partial charge in [-0.05, 0) is 38.8 Å². The zero-order valence-corrected chi connectivity index (χ0v) is 11.3. The molecule has 100 valence electrons. The smallest absolute Gasteiger partial charge is 0.339 e. The minimum Gasteiger partial charge on any atom is -0.447 e. The van der Waals surface area contributed by atoms with Gasteiger partial charge in [0.15, 0.2) is 11.9 Å². The quantitative estimate of drug-likeness (QED) is 0.474. The average Bonchev–Trinajstić information content (AvgIpc) is 2.44. The van der Waals surface area contributed by atoms with Crippen molar-refractivity contribution in [1.82, 2.24) is 0 Å². The second kappa shape index (κ2) is 5.39. The molecule has 1 aromatic rings. The van der Waals surface area contributed by atoms with Gasteiger partial charge in [0.1, 0.15) is 0 Å². The van der Waals surface area contributed by atoms with Gasteiger partial charge in [0.05, 0.1) is 5.56 Å². The van der Waals surface area contributed by atoms with E-state index in [-0.39, 0.29) is 0 Å². The fourth-order valence-corrected chi connectivity index (χ4v) is 2.33. The zero-order chi connectivity index (χ0) is 13.9. The van der Waals surface area contributed by atoms with E-state index in [2.05, 4.69) is 6.92 Å². The first-order chi connectivity index (χ1) is 9.06. The zero-order valence-electron chi connectivity index (χ0n) is 11.3. The molecule has 1 unspecified atom stereocenters. The molecular formula is C16H18O3. The standard InChI is InChI=1S/C16H18O3/c1-12-8-9-16(11-17,10-13(12)2)19-15(18)14-6-4-3-5-7-14/h3-7,11H,8-10H2,1-2H3. The van der Waals surface area contributed by atoms with E-state index in [1.807, 2.05) is 13.0 Å². The molecule has 0 aliphatic heterocycles. The molecule has 0 aromatic heterocycles. The summed E-state index contributed by atoms with van der Waals surface area (Å²) >= 11 is 0. The summed E-state index contributed by atoms with van der Waals surface area (Å²) in [5.74, 6) is -0.431. The number of aldehydes is 1. The molecule has 0 N–H and O–H groups in total. The molecule has 19 heavy (non-hydrogen) atoms. The third-order valence-corrected chi connectivity index (χ3v) is 3.74. The van der Waals surface area contributed by atoms with Crippen LogP contribution in [0, 0.1) is 0 Å². The van der Waals surface area contributed by atoms with Gasteiger partial charge < -0.3 is 4.74 Å². The van der Waals surface area contributed by atoms with E-state index in [1.54, 1.807) is 24.3 Å². The molecule has 1 aromatic carbocycles. The summed E-state index contributed by atoms with van der Waals surface area (Å²) in [6, 6.07) is 8.78. The van der Waals surface area contributed by atoms with Crippen LogP contribution in [0.1, 0.15) is 43.5 Å². The van der Waals surface area contributed by atoms with Gasteiger partial charge in [-0.2, -0.15) is 0 Å². The van der Waals surface area contributed by atoms with Crippen molar-refractivity contribution < 1.29 is 14.3 Å². The summed E-state index contributed by atoms with van der Waals surface area (Å²) in [5, 5.41) is 0. The van der Waals surface area contributed by atoms with Crippen molar-refractivity contribution in [3.8, 4) is 0 Å². The van der Waals surface area contributed by atoms with Crippen LogP contribution >= 0.6 is 0 Å². The van der Waals surface area contributed by atoms with Crippen molar-refractivity contribution in [2.45, 2.75) is 38.7 Å². The maximum absolute atomic E-state index is 12.1. The van der Waals surface area contributed by atoms with Crippen molar-refractivity contribution in [2.24, 2.45) is 0 Å². The van der Waals surface area contributed by atoms with Crippen LogP contribution in [0.4, 0.5) is 0 Å². The molecule has 0 saturated carbocycles. The molecule has 0 heterocycles. The third kappa shape index (κ3) is 2.92. The van der Waals surface area contributed by atoms with E-state index in [0.29, 0.717) is 18.4 Å². The Hall–Kier alpha value is -1.90. The van der Waals surface area contributed by atoms with E-state index in [0.717, 1.165) is 18.3 Å². The Morgan fingerprint density at radius 1 is 1.21 bits per heavy atom. The largest absolute Gasteiger partial charge is 0.447 e. The molecule has 0 saturated heterocycles. The van der Waals surface area contributed by atoms with E-state index in [4.69, 9.17) is 4.74 Å². The number of benzene rings is 1. The van der Waals surface area contributed by atoms with Gasteiger partial charge >= 0.3 is 5.97 Å². The number of carbonyl (C=O) groups excluding carboxylic acids is 2. The lowest BCUT2D eigenvalue weighted by Crippen LogP contribution is -2.39. The normalized spacial score (nSPS) is 23.1. The Bertz CT molecular complexity index is 516. The monoisotopic (exact) mass is 258 g/mol. The topological polar surface area (TPSA) is 43.4 Å². The summed E-state index contributed by atoms with van der Waals surface area (Å²) in [7, 11) is 0. The number of ether oxygens (including phenoxy) is 1. The van der Waals surface area contributed by atoms with Crippen molar-refractivity contribution in [3.05, 3.63) is 47.0 Å². The highest BCUT2D eigenvalue weighted by Gasteiger charge is 2.37. The van der Waals surface area contributed by atoms with Crippen LogP contribution in [0.5, 0.6) is 0 Å². The summed E-state index contributed by atoms with van der Waals surface area (Å²) < 4.78 is 5.49.